The molecule has 1 unspecified atom stereocenters. The van der Waals surface area contributed by atoms with E-state index in [0.29, 0.717) is 0 Å². The van der Waals surface area contributed by atoms with Crippen LogP contribution >= 0.6 is 0 Å². The topological polar surface area (TPSA) is 116 Å². The quantitative estimate of drug-likeness (QED) is 0.202. The van der Waals surface area contributed by atoms with Gasteiger partial charge in [0.05, 0.1) is 6.10 Å². The number of allylic oxidation sites excluding steroid dienone is 1. The van der Waals surface area contributed by atoms with Crippen molar-refractivity contribution in [3.8, 4) is 0 Å². The van der Waals surface area contributed by atoms with E-state index in [1.54, 1.807) is 0 Å². The molecule has 1 aliphatic heterocycles. The molecule has 7 nitrogen and oxygen atoms in total. The van der Waals surface area contributed by atoms with E-state index < -0.39 is 36.2 Å². The van der Waals surface area contributed by atoms with E-state index in [-0.39, 0.29) is 6.10 Å². The van der Waals surface area contributed by atoms with Crippen LogP contribution in [-0.4, -0.2) is 57.7 Å². The second-order valence-corrected chi connectivity index (χ2v) is 7.63. The van der Waals surface area contributed by atoms with E-state index in [9.17, 15) is 24.9 Å². The molecule has 1 saturated heterocycles. The van der Waals surface area contributed by atoms with Gasteiger partial charge in [-0.3, -0.25) is 4.79 Å². The summed E-state index contributed by atoms with van der Waals surface area (Å²) in [6.07, 6.45) is 9.79. The molecule has 1 fully saturated rings. The van der Waals surface area contributed by atoms with Gasteiger partial charge in [-0.15, -0.1) is 0 Å². The van der Waals surface area contributed by atoms with Crippen molar-refractivity contribution in [1.82, 2.24) is 5.32 Å². The normalized spacial score (nSPS) is 24.3. The van der Waals surface area contributed by atoms with Crippen LogP contribution in [0.5, 0.6) is 0 Å². The largest absolute Gasteiger partial charge is 0.455 e. The van der Waals surface area contributed by atoms with Crippen molar-refractivity contribution in [1.29, 1.82) is 0 Å². The molecule has 162 valence electrons. The molecule has 7 heteroatoms. The molecule has 1 rings (SSSR count). The SMILES string of the molecule is CCCCCC(O)CCCCCC/C=C/[C@H](O)[C@H]1OC(=O)[C@@H](NC(C)=O)[C@@H]1O. The van der Waals surface area contributed by atoms with E-state index in [0.717, 1.165) is 51.4 Å². The van der Waals surface area contributed by atoms with Crippen molar-refractivity contribution in [3.05, 3.63) is 12.2 Å². The molecule has 1 aliphatic rings. The van der Waals surface area contributed by atoms with E-state index in [1.807, 2.05) is 6.08 Å². The number of hydrogen-bond donors (Lipinski definition) is 4. The summed E-state index contributed by atoms with van der Waals surface area (Å²) in [4.78, 5) is 22.7. The molecule has 0 aromatic rings. The number of aliphatic hydroxyl groups is 3. The number of unbranched alkanes of at least 4 members (excludes halogenated alkanes) is 6. The van der Waals surface area contributed by atoms with Gasteiger partial charge in [-0.2, -0.15) is 0 Å². The summed E-state index contributed by atoms with van der Waals surface area (Å²) < 4.78 is 4.99. The lowest BCUT2D eigenvalue weighted by atomic mass is 10.0. The minimum atomic E-state index is -1.28. The summed E-state index contributed by atoms with van der Waals surface area (Å²) in [7, 11) is 0. The Bertz CT molecular complexity index is 495. The van der Waals surface area contributed by atoms with Crippen molar-refractivity contribution in [2.75, 3.05) is 0 Å². The number of aliphatic hydroxyl groups excluding tert-OH is 3. The molecule has 4 N–H and O–H groups in total. The van der Waals surface area contributed by atoms with Crippen molar-refractivity contribution >= 4 is 11.9 Å². The minimum absolute atomic E-state index is 0.177. The fourth-order valence-electron chi connectivity index (χ4n) is 3.36. The Hall–Kier alpha value is -1.44. The van der Waals surface area contributed by atoms with Gasteiger partial charge in [-0.25, -0.2) is 4.79 Å². The van der Waals surface area contributed by atoms with Gasteiger partial charge in [0, 0.05) is 6.92 Å². The number of carbonyl (C=O) groups excluding carboxylic acids is 2. The van der Waals surface area contributed by atoms with Crippen molar-refractivity contribution in [3.63, 3.8) is 0 Å². The van der Waals surface area contributed by atoms with Gasteiger partial charge in [0.15, 0.2) is 12.1 Å². The molecular formula is C21H37NO6. The zero-order valence-electron chi connectivity index (χ0n) is 17.2. The van der Waals surface area contributed by atoms with Gasteiger partial charge in [-0.1, -0.05) is 57.6 Å². The van der Waals surface area contributed by atoms with Crippen LogP contribution in [0.15, 0.2) is 12.2 Å². The van der Waals surface area contributed by atoms with Gasteiger partial charge in [0.2, 0.25) is 5.91 Å². The average Bonchev–Trinajstić information content (AvgIpc) is 2.91. The highest BCUT2D eigenvalue weighted by Gasteiger charge is 2.46. The third-order valence-electron chi connectivity index (χ3n) is 5.01. The summed E-state index contributed by atoms with van der Waals surface area (Å²) in [5.41, 5.74) is 0. The smallest absolute Gasteiger partial charge is 0.332 e. The van der Waals surface area contributed by atoms with Crippen molar-refractivity contribution in [2.24, 2.45) is 0 Å². The van der Waals surface area contributed by atoms with Crippen LogP contribution in [0.2, 0.25) is 0 Å². The van der Waals surface area contributed by atoms with E-state index in [4.69, 9.17) is 4.74 Å². The number of nitrogens with one attached hydrogen (secondary N) is 1. The maximum atomic E-state index is 11.7. The third kappa shape index (κ3) is 9.17. The summed E-state index contributed by atoms with van der Waals surface area (Å²) in [6.45, 7) is 3.40. The molecular weight excluding hydrogens is 362 g/mol. The summed E-state index contributed by atoms with van der Waals surface area (Å²) in [6, 6.07) is -1.14. The number of cyclic esters (lactones) is 1. The number of hydrogen-bond acceptors (Lipinski definition) is 6. The first kappa shape index (κ1) is 24.6. The Kier molecular flexibility index (Phi) is 12.0. The summed E-state index contributed by atoms with van der Waals surface area (Å²) in [5, 5.41) is 32.4. The molecule has 0 bridgehead atoms. The molecule has 0 saturated carbocycles. The standard InChI is InChI=1S/C21H37NO6/c1-3-4-9-12-16(24)13-10-7-5-6-8-11-14-17(25)20-19(26)18(21(27)28-20)22-15(2)23/h11,14,16-20,24-26H,3-10,12-13H2,1-2H3,(H,22,23)/b14-11+/t16?,17-,18-,19-,20+/m0/s1. The highest BCUT2D eigenvalue weighted by molar-refractivity contribution is 5.85. The second-order valence-electron chi connectivity index (χ2n) is 7.63. The Morgan fingerprint density at radius 3 is 2.43 bits per heavy atom. The summed E-state index contributed by atoms with van der Waals surface area (Å²) in [5.74, 6) is -1.18. The third-order valence-corrected chi connectivity index (χ3v) is 5.01. The highest BCUT2D eigenvalue weighted by Crippen LogP contribution is 2.20. The van der Waals surface area contributed by atoms with Gasteiger partial charge in [0.1, 0.15) is 12.2 Å². The number of amides is 1. The number of esters is 1. The molecule has 0 aliphatic carbocycles. The first-order valence-corrected chi connectivity index (χ1v) is 10.5. The lowest BCUT2D eigenvalue weighted by Gasteiger charge is -2.18. The Morgan fingerprint density at radius 1 is 1.14 bits per heavy atom. The van der Waals surface area contributed by atoms with Crippen molar-refractivity contribution in [2.45, 2.75) is 109 Å². The molecule has 5 atom stereocenters. The Morgan fingerprint density at radius 2 is 1.79 bits per heavy atom. The van der Waals surface area contributed by atoms with E-state index in [1.165, 1.54) is 25.8 Å². The molecule has 1 amide bonds. The van der Waals surface area contributed by atoms with Gasteiger partial charge in [-0.05, 0) is 25.7 Å². The van der Waals surface area contributed by atoms with Crippen LogP contribution in [0.25, 0.3) is 0 Å². The molecule has 0 spiro atoms. The fourth-order valence-corrected chi connectivity index (χ4v) is 3.36. The number of carbonyl (C=O) groups is 2. The van der Waals surface area contributed by atoms with Crippen LogP contribution in [0, 0.1) is 0 Å². The molecule has 0 aromatic carbocycles. The predicted octanol–water partition coefficient (Wildman–Crippen LogP) is 1.98. The molecule has 1 heterocycles. The molecule has 0 radical (unpaired) electrons. The first-order valence-electron chi connectivity index (χ1n) is 10.5. The van der Waals surface area contributed by atoms with Gasteiger partial charge in [0.25, 0.3) is 0 Å². The van der Waals surface area contributed by atoms with E-state index in [2.05, 4.69) is 12.2 Å². The Labute approximate surface area is 168 Å². The summed E-state index contributed by atoms with van der Waals surface area (Å²) >= 11 is 0. The number of rotatable bonds is 14. The van der Waals surface area contributed by atoms with Crippen LogP contribution in [0.4, 0.5) is 0 Å². The second kappa shape index (κ2) is 13.7. The Balaban J connectivity index is 2.15. The average molecular weight is 400 g/mol. The van der Waals surface area contributed by atoms with Crippen LogP contribution in [0.1, 0.15) is 78.1 Å². The number of ether oxygens (including phenoxy) is 1. The van der Waals surface area contributed by atoms with E-state index >= 15 is 0 Å². The fraction of sp³-hybridized carbons (Fsp3) is 0.810. The van der Waals surface area contributed by atoms with Crippen LogP contribution in [0.3, 0.4) is 0 Å². The zero-order chi connectivity index (χ0) is 20.9. The maximum absolute atomic E-state index is 11.7. The van der Waals surface area contributed by atoms with Gasteiger partial charge < -0.3 is 25.4 Å². The van der Waals surface area contributed by atoms with Crippen LogP contribution < -0.4 is 5.32 Å². The van der Waals surface area contributed by atoms with Crippen molar-refractivity contribution < 1.29 is 29.6 Å². The zero-order valence-corrected chi connectivity index (χ0v) is 17.2. The monoisotopic (exact) mass is 399 g/mol. The highest BCUT2D eigenvalue weighted by atomic mass is 16.6. The first-order chi connectivity index (χ1) is 13.4. The lowest BCUT2D eigenvalue weighted by Crippen LogP contribution is -2.47. The predicted molar refractivity (Wildman–Crippen MR) is 106 cm³/mol. The lowest BCUT2D eigenvalue weighted by molar-refractivity contribution is -0.146. The molecule has 0 aromatic heterocycles. The van der Waals surface area contributed by atoms with Gasteiger partial charge >= 0.3 is 5.97 Å². The minimum Gasteiger partial charge on any atom is -0.455 e. The molecule has 28 heavy (non-hydrogen) atoms. The van der Waals surface area contributed by atoms with Crippen LogP contribution in [-0.2, 0) is 14.3 Å². The maximum Gasteiger partial charge on any atom is 0.332 e.